The van der Waals surface area contributed by atoms with E-state index in [9.17, 15) is 0 Å². The van der Waals surface area contributed by atoms with E-state index in [1.54, 1.807) is 12.4 Å². The molecule has 98 valence electrons. The van der Waals surface area contributed by atoms with Gasteiger partial charge in [0.25, 0.3) is 0 Å². The molecule has 0 spiro atoms. The SMILES string of the molecule is OCc1ccc(-c2ccc(-c3ccncc3)cc2)cc1. The van der Waals surface area contributed by atoms with Crippen molar-refractivity contribution in [1.29, 1.82) is 0 Å². The van der Waals surface area contributed by atoms with Gasteiger partial charge in [-0.25, -0.2) is 0 Å². The van der Waals surface area contributed by atoms with Crippen molar-refractivity contribution in [3.63, 3.8) is 0 Å². The lowest BCUT2D eigenvalue weighted by atomic mass is 10.0. The average molecular weight is 261 g/mol. The predicted molar refractivity (Wildman–Crippen MR) is 81.0 cm³/mol. The fraction of sp³-hybridized carbons (Fsp3) is 0.0556. The highest BCUT2D eigenvalue weighted by molar-refractivity contribution is 5.70. The Morgan fingerprint density at radius 2 is 1.00 bits per heavy atom. The molecule has 0 fully saturated rings. The molecule has 20 heavy (non-hydrogen) atoms. The van der Waals surface area contributed by atoms with Crippen LogP contribution in [0.5, 0.6) is 0 Å². The van der Waals surface area contributed by atoms with E-state index < -0.39 is 0 Å². The molecule has 0 aliphatic carbocycles. The van der Waals surface area contributed by atoms with E-state index in [0.29, 0.717) is 0 Å². The molecule has 0 aliphatic heterocycles. The number of aliphatic hydroxyl groups is 1. The summed E-state index contributed by atoms with van der Waals surface area (Å²) in [7, 11) is 0. The van der Waals surface area contributed by atoms with Crippen molar-refractivity contribution >= 4 is 0 Å². The van der Waals surface area contributed by atoms with E-state index >= 15 is 0 Å². The Morgan fingerprint density at radius 3 is 1.45 bits per heavy atom. The average Bonchev–Trinajstić information content (AvgIpc) is 2.56. The largest absolute Gasteiger partial charge is 0.392 e. The van der Waals surface area contributed by atoms with Crippen molar-refractivity contribution in [3.05, 3.63) is 78.6 Å². The van der Waals surface area contributed by atoms with Crippen LogP contribution in [0.2, 0.25) is 0 Å². The van der Waals surface area contributed by atoms with Crippen LogP contribution < -0.4 is 0 Å². The summed E-state index contributed by atoms with van der Waals surface area (Å²) in [6.45, 7) is 0.0846. The van der Waals surface area contributed by atoms with Gasteiger partial charge in [-0.15, -0.1) is 0 Å². The minimum atomic E-state index is 0.0846. The van der Waals surface area contributed by atoms with Crippen molar-refractivity contribution in [2.45, 2.75) is 6.61 Å². The van der Waals surface area contributed by atoms with Crippen molar-refractivity contribution in [3.8, 4) is 22.3 Å². The molecule has 2 aromatic carbocycles. The maximum absolute atomic E-state index is 9.06. The Balaban J connectivity index is 1.89. The zero-order chi connectivity index (χ0) is 13.8. The lowest BCUT2D eigenvalue weighted by molar-refractivity contribution is 0.282. The molecule has 0 amide bonds. The number of hydrogen-bond acceptors (Lipinski definition) is 2. The van der Waals surface area contributed by atoms with E-state index in [0.717, 1.165) is 11.1 Å². The third kappa shape index (κ3) is 2.60. The Morgan fingerprint density at radius 1 is 0.600 bits per heavy atom. The monoisotopic (exact) mass is 261 g/mol. The van der Waals surface area contributed by atoms with Crippen LogP contribution in [0, 0.1) is 0 Å². The van der Waals surface area contributed by atoms with Gasteiger partial charge >= 0.3 is 0 Å². The molecule has 0 saturated heterocycles. The summed E-state index contributed by atoms with van der Waals surface area (Å²) >= 11 is 0. The Hall–Kier alpha value is -2.45. The fourth-order valence-corrected chi connectivity index (χ4v) is 2.20. The van der Waals surface area contributed by atoms with E-state index in [1.807, 2.05) is 36.4 Å². The molecule has 2 heteroatoms. The molecular weight excluding hydrogens is 246 g/mol. The van der Waals surface area contributed by atoms with Gasteiger partial charge in [0.15, 0.2) is 0 Å². The quantitative estimate of drug-likeness (QED) is 0.775. The van der Waals surface area contributed by atoms with Gasteiger partial charge in [-0.05, 0) is 39.9 Å². The van der Waals surface area contributed by atoms with E-state index in [2.05, 4.69) is 29.2 Å². The number of rotatable bonds is 3. The zero-order valence-electron chi connectivity index (χ0n) is 11.0. The molecule has 0 unspecified atom stereocenters. The predicted octanol–water partition coefficient (Wildman–Crippen LogP) is 3.91. The molecule has 1 heterocycles. The van der Waals surface area contributed by atoms with Crippen LogP contribution in [0.15, 0.2) is 73.1 Å². The molecule has 3 aromatic rings. The lowest BCUT2D eigenvalue weighted by Gasteiger charge is -2.05. The highest BCUT2D eigenvalue weighted by Crippen LogP contribution is 2.24. The van der Waals surface area contributed by atoms with Crippen molar-refractivity contribution in [2.24, 2.45) is 0 Å². The standard InChI is InChI=1S/C18H15NO/c20-13-14-1-3-15(4-2-14)16-5-7-17(8-6-16)18-9-11-19-12-10-18/h1-12,20H,13H2. The molecule has 0 bridgehead atoms. The van der Waals surface area contributed by atoms with Gasteiger partial charge in [0.1, 0.15) is 0 Å². The minimum absolute atomic E-state index is 0.0846. The third-order valence-electron chi connectivity index (χ3n) is 3.37. The van der Waals surface area contributed by atoms with Gasteiger partial charge < -0.3 is 5.11 Å². The van der Waals surface area contributed by atoms with Gasteiger partial charge in [0.05, 0.1) is 6.61 Å². The molecular formula is C18H15NO. The Labute approximate surface area is 118 Å². The lowest BCUT2D eigenvalue weighted by Crippen LogP contribution is -1.84. The molecule has 0 aliphatic rings. The van der Waals surface area contributed by atoms with Crippen molar-refractivity contribution in [2.75, 3.05) is 0 Å². The first kappa shape index (κ1) is 12.6. The second-order valence-corrected chi connectivity index (χ2v) is 4.67. The molecule has 2 nitrogen and oxygen atoms in total. The number of pyridine rings is 1. The van der Waals surface area contributed by atoms with Crippen molar-refractivity contribution in [1.82, 2.24) is 4.98 Å². The molecule has 3 rings (SSSR count). The smallest absolute Gasteiger partial charge is 0.0681 e. The van der Waals surface area contributed by atoms with Crippen LogP contribution in [0.25, 0.3) is 22.3 Å². The number of aromatic nitrogens is 1. The van der Waals surface area contributed by atoms with Crippen LogP contribution in [0.3, 0.4) is 0 Å². The van der Waals surface area contributed by atoms with Crippen LogP contribution >= 0.6 is 0 Å². The minimum Gasteiger partial charge on any atom is -0.392 e. The van der Waals surface area contributed by atoms with Crippen LogP contribution in [0.1, 0.15) is 5.56 Å². The van der Waals surface area contributed by atoms with Gasteiger partial charge in [0.2, 0.25) is 0 Å². The molecule has 0 atom stereocenters. The number of aliphatic hydroxyl groups excluding tert-OH is 1. The van der Waals surface area contributed by atoms with E-state index in [-0.39, 0.29) is 6.61 Å². The summed E-state index contributed by atoms with van der Waals surface area (Å²) in [5, 5.41) is 9.06. The summed E-state index contributed by atoms with van der Waals surface area (Å²) in [4.78, 5) is 4.03. The van der Waals surface area contributed by atoms with Crippen LogP contribution in [-0.2, 0) is 6.61 Å². The van der Waals surface area contributed by atoms with Gasteiger partial charge in [0, 0.05) is 12.4 Å². The van der Waals surface area contributed by atoms with Crippen LogP contribution in [-0.4, -0.2) is 10.1 Å². The van der Waals surface area contributed by atoms with Crippen LogP contribution in [0.4, 0.5) is 0 Å². The molecule has 1 aromatic heterocycles. The second kappa shape index (κ2) is 5.68. The highest BCUT2D eigenvalue weighted by Gasteiger charge is 2.00. The zero-order valence-corrected chi connectivity index (χ0v) is 11.0. The van der Waals surface area contributed by atoms with Crippen molar-refractivity contribution < 1.29 is 5.11 Å². The number of nitrogens with zero attached hydrogens (tertiary/aromatic N) is 1. The first-order valence-electron chi connectivity index (χ1n) is 6.57. The Bertz CT molecular complexity index is 673. The van der Waals surface area contributed by atoms with E-state index in [4.69, 9.17) is 5.11 Å². The summed E-state index contributed by atoms with van der Waals surface area (Å²) in [6.07, 6.45) is 3.60. The third-order valence-corrected chi connectivity index (χ3v) is 3.37. The first-order valence-corrected chi connectivity index (χ1v) is 6.57. The summed E-state index contributed by atoms with van der Waals surface area (Å²) in [5.41, 5.74) is 5.61. The second-order valence-electron chi connectivity index (χ2n) is 4.67. The Kier molecular flexibility index (Phi) is 3.57. The normalized spacial score (nSPS) is 10.4. The van der Waals surface area contributed by atoms with E-state index in [1.165, 1.54) is 16.7 Å². The van der Waals surface area contributed by atoms with Gasteiger partial charge in [-0.2, -0.15) is 0 Å². The molecule has 1 N–H and O–H groups in total. The maximum atomic E-state index is 9.06. The molecule has 0 radical (unpaired) electrons. The topological polar surface area (TPSA) is 33.1 Å². The summed E-state index contributed by atoms with van der Waals surface area (Å²) in [5.74, 6) is 0. The summed E-state index contributed by atoms with van der Waals surface area (Å²) < 4.78 is 0. The first-order chi connectivity index (χ1) is 9.86. The number of benzene rings is 2. The van der Waals surface area contributed by atoms with Gasteiger partial charge in [-0.1, -0.05) is 48.5 Å². The fourth-order valence-electron chi connectivity index (χ4n) is 2.20. The van der Waals surface area contributed by atoms with Gasteiger partial charge in [-0.3, -0.25) is 4.98 Å². The number of hydrogen-bond donors (Lipinski definition) is 1. The molecule has 0 saturated carbocycles. The highest BCUT2D eigenvalue weighted by atomic mass is 16.3. The summed E-state index contributed by atoms with van der Waals surface area (Å²) in [6, 6.07) is 20.4. The maximum Gasteiger partial charge on any atom is 0.0681 e.